The number of ether oxygens (including phenoxy) is 1. The molecule has 0 aliphatic rings. The Kier molecular flexibility index (Phi) is 5.54. The predicted octanol–water partition coefficient (Wildman–Crippen LogP) is 4.53. The summed E-state index contributed by atoms with van der Waals surface area (Å²) in [5.74, 6) is 0.505. The van der Waals surface area contributed by atoms with E-state index in [1.54, 1.807) is 43.5 Å². The Bertz CT molecular complexity index is 1020. The summed E-state index contributed by atoms with van der Waals surface area (Å²) in [7, 11) is 1.59. The van der Waals surface area contributed by atoms with Crippen molar-refractivity contribution in [2.45, 2.75) is 26.8 Å². The minimum atomic E-state index is -0.397. The number of aryl methyl sites for hydroxylation is 1. The van der Waals surface area contributed by atoms with Crippen LogP contribution in [0.1, 0.15) is 30.0 Å². The third-order valence-corrected chi connectivity index (χ3v) is 4.19. The number of fused-ring (bicyclic) bond motifs is 1. The van der Waals surface area contributed by atoms with Gasteiger partial charge in [-0.1, -0.05) is 12.1 Å². The number of hydrogen-bond donors (Lipinski definition) is 3. The van der Waals surface area contributed by atoms with E-state index in [1.165, 1.54) is 0 Å². The summed E-state index contributed by atoms with van der Waals surface area (Å²) in [5.41, 5.74) is 2.29. The zero-order valence-electron chi connectivity index (χ0n) is 16.3. The van der Waals surface area contributed by atoms with E-state index in [9.17, 15) is 9.59 Å². The van der Waals surface area contributed by atoms with Crippen LogP contribution < -0.4 is 20.7 Å². The van der Waals surface area contributed by atoms with Crippen LogP contribution in [-0.4, -0.2) is 25.1 Å². The Morgan fingerprint density at radius 2 is 1.71 bits per heavy atom. The van der Waals surface area contributed by atoms with Gasteiger partial charge in [0, 0.05) is 17.0 Å². The molecule has 3 rings (SSSR count). The van der Waals surface area contributed by atoms with Crippen molar-refractivity contribution in [3.8, 4) is 5.75 Å². The highest BCUT2D eigenvalue weighted by Gasteiger charge is 2.19. The van der Waals surface area contributed by atoms with E-state index in [4.69, 9.17) is 9.15 Å². The lowest BCUT2D eigenvalue weighted by Crippen LogP contribution is -2.34. The molecule has 0 radical (unpaired) electrons. The second-order valence-corrected chi connectivity index (χ2v) is 6.67. The lowest BCUT2D eigenvalue weighted by molar-refractivity contribution is 0.0998. The first-order valence-corrected chi connectivity index (χ1v) is 8.94. The fourth-order valence-electron chi connectivity index (χ4n) is 2.84. The van der Waals surface area contributed by atoms with Crippen LogP contribution in [0.15, 0.2) is 46.9 Å². The van der Waals surface area contributed by atoms with Gasteiger partial charge in [-0.05, 0) is 51.1 Å². The second-order valence-electron chi connectivity index (χ2n) is 6.67. The topological polar surface area (TPSA) is 92.6 Å². The average molecular weight is 381 g/mol. The number of anilines is 2. The monoisotopic (exact) mass is 381 g/mol. The Balaban J connectivity index is 1.85. The normalized spacial score (nSPS) is 10.8. The van der Waals surface area contributed by atoms with E-state index in [1.807, 2.05) is 26.8 Å². The number of urea groups is 1. The molecule has 146 valence electrons. The van der Waals surface area contributed by atoms with Gasteiger partial charge in [0.15, 0.2) is 5.76 Å². The molecule has 7 heteroatoms. The van der Waals surface area contributed by atoms with Gasteiger partial charge in [-0.25, -0.2) is 4.79 Å². The number of methoxy groups -OCH3 is 1. The number of amides is 3. The van der Waals surface area contributed by atoms with Crippen molar-refractivity contribution in [3.05, 3.63) is 53.8 Å². The van der Waals surface area contributed by atoms with Crippen LogP contribution in [0.3, 0.4) is 0 Å². The standard InChI is InChI=1S/C21H23N3O4/c1-12(2)22-21(26)24-17-8-6-5-7-16(17)23-20(25)19-13(3)15-11-14(27-4)9-10-18(15)28-19/h5-12H,1-4H3,(H,23,25)(H2,22,24,26). The molecule has 3 amide bonds. The van der Waals surface area contributed by atoms with Gasteiger partial charge in [0.1, 0.15) is 11.3 Å². The van der Waals surface area contributed by atoms with Crippen molar-refractivity contribution in [2.75, 3.05) is 17.7 Å². The molecule has 1 heterocycles. The van der Waals surface area contributed by atoms with Crippen molar-refractivity contribution in [1.82, 2.24) is 5.32 Å². The van der Waals surface area contributed by atoms with Gasteiger partial charge in [-0.2, -0.15) is 0 Å². The maximum Gasteiger partial charge on any atom is 0.319 e. The van der Waals surface area contributed by atoms with Gasteiger partial charge in [-0.3, -0.25) is 4.79 Å². The quantitative estimate of drug-likeness (QED) is 0.605. The van der Waals surface area contributed by atoms with Gasteiger partial charge in [0.25, 0.3) is 5.91 Å². The summed E-state index contributed by atoms with van der Waals surface area (Å²) in [6, 6.07) is 12.0. The first-order valence-electron chi connectivity index (χ1n) is 8.94. The molecule has 0 atom stereocenters. The van der Waals surface area contributed by atoms with Crippen molar-refractivity contribution < 1.29 is 18.7 Å². The van der Waals surface area contributed by atoms with E-state index in [2.05, 4.69) is 16.0 Å². The average Bonchev–Trinajstić information content (AvgIpc) is 2.99. The minimum absolute atomic E-state index is 0.00283. The van der Waals surface area contributed by atoms with Crippen molar-refractivity contribution in [3.63, 3.8) is 0 Å². The fourth-order valence-corrected chi connectivity index (χ4v) is 2.84. The molecule has 7 nitrogen and oxygen atoms in total. The summed E-state index contributed by atoms with van der Waals surface area (Å²) < 4.78 is 11.0. The number of hydrogen-bond acceptors (Lipinski definition) is 4. The lowest BCUT2D eigenvalue weighted by atomic mass is 10.1. The first kappa shape index (κ1) is 19.3. The number of carbonyl (C=O) groups excluding carboxylic acids is 2. The number of para-hydroxylation sites is 2. The Hall–Kier alpha value is -3.48. The molecule has 0 saturated carbocycles. The Morgan fingerprint density at radius 3 is 2.36 bits per heavy atom. The SMILES string of the molecule is COc1ccc2oc(C(=O)Nc3ccccc3NC(=O)NC(C)C)c(C)c2c1. The predicted molar refractivity (Wildman–Crippen MR) is 109 cm³/mol. The van der Waals surface area contributed by atoms with E-state index >= 15 is 0 Å². The molecule has 0 unspecified atom stereocenters. The molecule has 28 heavy (non-hydrogen) atoms. The highest BCUT2D eigenvalue weighted by molar-refractivity contribution is 6.08. The van der Waals surface area contributed by atoms with Crippen molar-refractivity contribution >= 4 is 34.3 Å². The molecule has 3 aromatic rings. The molecule has 1 aromatic heterocycles. The molecule has 0 spiro atoms. The Labute approximate surface area is 163 Å². The minimum Gasteiger partial charge on any atom is -0.497 e. The Morgan fingerprint density at radius 1 is 1.04 bits per heavy atom. The van der Waals surface area contributed by atoms with Crippen LogP contribution >= 0.6 is 0 Å². The number of rotatable bonds is 5. The summed E-state index contributed by atoms with van der Waals surface area (Å²) in [5, 5.41) is 9.11. The zero-order chi connectivity index (χ0) is 20.3. The largest absolute Gasteiger partial charge is 0.497 e. The molecular formula is C21H23N3O4. The van der Waals surface area contributed by atoms with Crippen molar-refractivity contribution in [1.29, 1.82) is 0 Å². The zero-order valence-corrected chi connectivity index (χ0v) is 16.3. The molecule has 0 fully saturated rings. The lowest BCUT2D eigenvalue weighted by Gasteiger charge is -2.14. The number of nitrogens with one attached hydrogen (secondary N) is 3. The van der Waals surface area contributed by atoms with Crippen LogP contribution in [0.5, 0.6) is 5.75 Å². The maximum atomic E-state index is 12.8. The van der Waals surface area contributed by atoms with E-state index < -0.39 is 5.91 Å². The van der Waals surface area contributed by atoms with E-state index in [0.29, 0.717) is 22.7 Å². The van der Waals surface area contributed by atoms with Gasteiger partial charge in [0.05, 0.1) is 18.5 Å². The first-order chi connectivity index (χ1) is 13.4. The van der Waals surface area contributed by atoms with E-state index in [-0.39, 0.29) is 17.8 Å². The summed E-state index contributed by atoms with van der Waals surface area (Å²) >= 11 is 0. The molecule has 0 bridgehead atoms. The van der Waals surface area contributed by atoms with Crippen LogP contribution in [-0.2, 0) is 0 Å². The summed E-state index contributed by atoms with van der Waals surface area (Å²) in [6.07, 6.45) is 0. The van der Waals surface area contributed by atoms with Gasteiger partial charge in [0.2, 0.25) is 0 Å². The van der Waals surface area contributed by atoms with Gasteiger partial charge in [-0.15, -0.1) is 0 Å². The van der Waals surface area contributed by atoms with E-state index in [0.717, 1.165) is 10.9 Å². The smallest absolute Gasteiger partial charge is 0.319 e. The number of benzene rings is 2. The number of carbonyl (C=O) groups is 2. The number of furan rings is 1. The third kappa shape index (κ3) is 4.09. The van der Waals surface area contributed by atoms with Crippen LogP contribution in [0, 0.1) is 6.92 Å². The summed E-state index contributed by atoms with van der Waals surface area (Å²) in [6.45, 7) is 5.56. The van der Waals surface area contributed by atoms with Crippen LogP contribution in [0.4, 0.5) is 16.2 Å². The highest BCUT2D eigenvalue weighted by atomic mass is 16.5. The second kappa shape index (κ2) is 8.04. The summed E-state index contributed by atoms with van der Waals surface area (Å²) in [4.78, 5) is 24.8. The third-order valence-electron chi connectivity index (χ3n) is 4.19. The van der Waals surface area contributed by atoms with Gasteiger partial charge >= 0.3 is 6.03 Å². The molecule has 0 saturated heterocycles. The molecule has 2 aromatic carbocycles. The highest BCUT2D eigenvalue weighted by Crippen LogP contribution is 2.30. The maximum absolute atomic E-state index is 12.8. The fraction of sp³-hybridized carbons (Fsp3) is 0.238. The van der Waals surface area contributed by atoms with Crippen LogP contribution in [0.25, 0.3) is 11.0 Å². The molecular weight excluding hydrogens is 358 g/mol. The molecule has 3 N–H and O–H groups in total. The van der Waals surface area contributed by atoms with Crippen LogP contribution in [0.2, 0.25) is 0 Å². The van der Waals surface area contributed by atoms with Crippen molar-refractivity contribution in [2.24, 2.45) is 0 Å². The molecule has 0 aliphatic carbocycles. The molecule has 0 aliphatic heterocycles. The van der Waals surface area contributed by atoms with Gasteiger partial charge < -0.3 is 25.1 Å².